The molecule has 0 spiro atoms. The van der Waals surface area contributed by atoms with Gasteiger partial charge in [-0.1, -0.05) is 15.9 Å². The summed E-state index contributed by atoms with van der Waals surface area (Å²) in [6.45, 7) is 1.72. The fraction of sp³-hybridized carbons (Fsp3) is 0.182. The number of aromatic nitrogens is 2. The maximum Gasteiger partial charge on any atom is 0.418 e. The second kappa shape index (κ2) is 4.18. The molecule has 0 bridgehead atoms. The van der Waals surface area contributed by atoms with Crippen LogP contribution in [0.4, 0.5) is 13.2 Å². The van der Waals surface area contributed by atoms with Gasteiger partial charge in [-0.25, -0.2) is 4.68 Å². The number of hydrogen-bond acceptors (Lipinski definition) is 1. The van der Waals surface area contributed by atoms with Crippen molar-refractivity contribution in [2.24, 2.45) is 0 Å². The summed E-state index contributed by atoms with van der Waals surface area (Å²) < 4.78 is 40.3. The highest BCUT2D eigenvalue weighted by Gasteiger charge is 2.34. The molecule has 0 fully saturated rings. The average Bonchev–Trinajstić information content (AvgIpc) is 2.62. The van der Waals surface area contributed by atoms with Crippen LogP contribution < -0.4 is 0 Å². The lowest BCUT2D eigenvalue weighted by Gasteiger charge is -2.13. The van der Waals surface area contributed by atoms with Crippen molar-refractivity contribution in [1.29, 1.82) is 0 Å². The molecule has 90 valence electrons. The molecule has 0 aliphatic rings. The molecule has 0 saturated heterocycles. The Balaban J connectivity index is 2.63. The quantitative estimate of drug-likeness (QED) is 0.780. The predicted octanol–water partition coefficient (Wildman–Crippen LogP) is 3.96. The van der Waals surface area contributed by atoms with Crippen molar-refractivity contribution in [3.8, 4) is 5.69 Å². The molecule has 1 heterocycles. The zero-order chi connectivity index (χ0) is 12.6. The minimum atomic E-state index is -4.39. The minimum absolute atomic E-state index is 0.0139. The first-order valence-corrected chi connectivity index (χ1v) is 5.56. The molecule has 0 atom stereocenters. The Labute approximate surface area is 104 Å². The van der Waals surface area contributed by atoms with Crippen molar-refractivity contribution in [2.75, 3.05) is 0 Å². The van der Waals surface area contributed by atoms with Gasteiger partial charge in [0.2, 0.25) is 0 Å². The van der Waals surface area contributed by atoms with E-state index in [-0.39, 0.29) is 5.69 Å². The Hall–Kier alpha value is -1.30. The topological polar surface area (TPSA) is 17.8 Å². The van der Waals surface area contributed by atoms with E-state index in [1.54, 1.807) is 13.0 Å². The average molecular weight is 305 g/mol. The molecule has 17 heavy (non-hydrogen) atoms. The van der Waals surface area contributed by atoms with Crippen molar-refractivity contribution < 1.29 is 13.2 Å². The van der Waals surface area contributed by atoms with Gasteiger partial charge in [-0.3, -0.25) is 0 Å². The first-order chi connectivity index (χ1) is 7.88. The van der Waals surface area contributed by atoms with Crippen LogP contribution in [-0.2, 0) is 6.18 Å². The van der Waals surface area contributed by atoms with E-state index < -0.39 is 11.7 Å². The minimum Gasteiger partial charge on any atom is -0.240 e. The van der Waals surface area contributed by atoms with E-state index in [0.717, 1.165) is 6.07 Å². The highest BCUT2D eigenvalue weighted by Crippen LogP contribution is 2.35. The van der Waals surface area contributed by atoms with Crippen molar-refractivity contribution in [2.45, 2.75) is 13.1 Å². The zero-order valence-corrected chi connectivity index (χ0v) is 10.4. The molecule has 0 N–H and O–H groups in total. The van der Waals surface area contributed by atoms with E-state index in [1.165, 1.54) is 23.0 Å². The number of halogens is 4. The molecule has 0 saturated carbocycles. The van der Waals surface area contributed by atoms with Crippen LogP contribution in [0.15, 0.2) is 34.9 Å². The number of aryl methyl sites for hydroxylation is 1. The summed E-state index contributed by atoms with van der Waals surface area (Å²) in [6.07, 6.45) is -2.89. The molecule has 1 aromatic heterocycles. The summed E-state index contributed by atoms with van der Waals surface area (Å²) in [5, 5.41) is 3.99. The number of nitrogens with zero attached hydrogens (tertiary/aromatic N) is 2. The fourth-order valence-electron chi connectivity index (χ4n) is 1.48. The molecule has 0 unspecified atom stereocenters. The lowest BCUT2D eigenvalue weighted by atomic mass is 10.2. The van der Waals surface area contributed by atoms with Gasteiger partial charge in [0, 0.05) is 10.7 Å². The maximum atomic E-state index is 12.8. The van der Waals surface area contributed by atoms with Crippen LogP contribution in [0.3, 0.4) is 0 Å². The summed E-state index contributed by atoms with van der Waals surface area (Å²) in [5.74, 6) is 0. The Bertz CT molecular complexity index is 546. The van der Waals surface area contributed by atoms with Gasteiger partial charge in [0.05, 0.1) is 16.9 Å². The van der Waals surface area contributed by atoms with Crippen LogP contribution in [0.5, 0.6) is 0 Å². The molecule has 0 aliphatic carbocycles. The van der Waals surface area contributed by atoms with Gasteiger partial charge in [-0.05, 0) is 31.2 Å². The van der Waals surface area contributed by atoms with Crippen molar-refractivity contribution in [3.63, 3.8) is 0 Å². The van der Waals surface area contributed by atoms with E-state index in [1.807, 2.05) is 0 Å². The summed E-state index contributed by atoms with van der Waals surface area (Å²) in [5.41, 5.74) is -0.0260. The van der Waals surface area contributed by atoms with Gasteiger partial charge in [0.1, 0.15) is 0 Å². The van der Waals surface area contributed by atoms with Gasteiger partial charge in [0.25, 0.3) is 0 Å². The van der Waals surface area contributed by atoms with Crippen LogP contribution in [0.2, 0.25) is 0 Å². The van der Waals surface area contributed by atoms with Gasteiger partial charge < -0.3 is 0 Å². The van der Waals surface area contributed by atoms with Gasteiger partial charge in [-0.15, -0.1) is 0 Å². The number of alkyl halides is 3. The third-order valence-corrected chi connectivity index (χ3v) is 2.73. The molecule has 1 aromatic carbocycles. The second-order valence-corrected chi connectivity index (χ2v) is 4.48. The highest BCUT2D eigenvalue weighted by atomic mass is 79.9. The lowest BCUT2D eigenvalue weighted by molar-refractivity contribution is -0.137. The molecule has 2 nitrogen and oxygen atoms in total. The monoisotopic (exact) mass is 304 g/mol. The molecule has 6 heteroatoms. The van der Waals surface area contributed by atoms with Gasteiger partial charge in [-0.2, -0.15) is 18.3 Å². The van der Waals surface area contributed by atoms with Crippen LogP contribution in [0, 0.1) is 6.92 Å². The second-order valence-electron chi connectivity index (χ2n) is 3.56. The van der Waals surface area contributed by atoms with Gasteiger partial charge >= 0.3 is 6.18 Å². The van der Waals surface area contributed by atoms with Crippen LogP contribution in [0.1, 0.15) is 11.3 Å². The predicted molar refractivity (Wildman–Crippen MR) is 61.0 cm³/mol. The lowest BCUT2D eigenvalue weighted by Crippen LogP contribution is -2.11. The number of rotatable bonds is 1. The Morgan fingerprint density at radius 1 is 1.24 bits per heavy atom. The molecule has 2 rings (SSSR count). The smallest absolute Gasteiger partial charge is 0.240 e. The molecular formula is C11H8BrF3N2. The van der Waals surface area contributed by atoms with Crippen molar-refractivity contribution in [3.05, 3.63) is 46.2 Å². The Morgan fingerprint density at radius 2 is 1.94 bits per heavy atom. The summed E-state index contributed by atoms with van der Waals surface area (Å²) in [6, 6.07) is 5.45. The van der Waals surface area contributed by atoms with Crippen LogP contribution in [0.25, 0.3) is 5.69 Å². The molecule has 0 aliphatic heterocycles. The van der Waals surface area contributed by atoms with Crippen molar-refractivity contribution in [1.82, 2.24) is 9.78 Å². The van der Waals surface area contributed by atoms with E-state index in [4.69, 9.17) is 0 Å². The normalized spacial score (nSPS) is 11.8. The Morgan fingerprint density at radius 3 is 2.47 bits per heavy atom. The number of benzene rings is 1. The first-order valence-electron chi connectivity index (χ1n) is 4.77. The standard InChI is InChI=1S/C11H8BrF3N2/c1-7-4-5-17(16-7)10-6-8(12)2-3-9(10)11(13,14)15/h2-6H,1H3. The van der Waals surface area contributed by atoms with E-state index in [0.29, 0.717) is 10.2 Å². The summed E-state index contributed by atoms with van der Waals surface area (Å²) in [7, 11) is 0. The van der Waals surface area contributed by atoms with Crippen LogP contribution >= 0.6 is 15.9 Å². The Kier molecular flexibility index (Phi) is 2.99. The summed E-state index contributed by atoms with van der Waals surface area (Å²) >= 11 is 3.16. The molecular weight excluding hydrogens is 297 g/mol. The van der Waals surface area contributed by atoms with E-state index in [9.17, 15) is 13.2 Å². The van der Waals surface area contributed by atoms with E-state index in [2.05, 4.69) is 21.0 Å². The van der Waals surface area contributed by atoms with Crippen molar-refractivity contribution >= 4 is 15.9 Å². The molecule has 0 radical (unpaired) electrons. The van der Waals surface area contributed by atoms with E-state index >= 15 is 0 Å². The SMILES string of the molecule is Cc1ccn(-c2cc(Br)ccc2C(F)(F)F)n1. The van der Waals surface area contributed by atoms with Gasteiger partial charge in [0.15, 0.2) is 0 Å². The highest BCUT2D eigenvalue weighted by molar-refractivity contribution is 9.10. The first kappa shape index (κ1) is 12.2. The number of hydrogen-bond donors (Lipinski definition) is 0. The maximum absolute atomic E-state index is 12.8. The third kappa shape index (κ3) is 2.52. The molecule has 0 amide bonds. The zero-order valence-electron chi connectivity index (χ0n) is 8.79. The largest absolute Gasteiger partial charge is 0.418 e. The van der Waals surface area contributed by atoms with Crippen LogP contribution in [-0.4, -0.2) is 9.78 Å². The molecule has 2 aromatic rings. The fourth-order valence-corrected chi connectivity index (χ4v) is 1.83. The summed E-state index contributed by atoms with van der Waals surface area (Å²) in [4.78, 5) is 0. The third-order valence-electron chi connectivity index (χ3n) is 2.23.